The molecule has 22 nitrogen and oxygen atoms in total. The van der Waals surface area contributed by atoms with Crippen molar-refractivity contribution in [1.29, 1.82) is 0 Å². The van der Waals surface area contributed by atoms with Crippen LogP contribution < -0.4 is 0 Å². The predicted octanol–water partition coefficient (Wildman–Crippen LogP) is 3.37. The number of hydrogen-bond donors (Lipinski definition) is 1. The van der Waals surface area contributed by atoms with E-state index in [4.69, 9.17) is 27.8 Å². The van der Waals surface area contributed by atoms with E-state index in [-0.39, 0.29) is 37.7 Å². The molecular weight excluding hydrogens is 835 g/mol. The number of carbonyl (C=O) groups is 5. The van der Waals surface area contributed by atoms with Crippen LogP contribution in [0.2, 0.25) is 0 Å². The van der Waals surface area contributed by atoms with Gasteiger partial charge in [0.05, 0.1) is 27.1 Å². The number of carbonyl (C=O) groups excluding carboxylic acids is 4. The minimum Gasteiger partial charge on any atom is -0.476 e. The molecule has 2 saturated heterocycles. The van der Waals surface area contributed by atoms with Crippen molar-refractivity contribution in [3.05, 3.63) is 79.9 Å². The largest absolute Gasteiger partial charge is 0.508 e. The van der Waals surface area contributed by atoms with Gasteiger partial charge in [-0.2, -0.15) is 0 Å². The Morgan fingerprint density at radius 2 is 1.40 bits per heavy atom. The molecule has 0 bridgehead atoms. The summed E-state index contributed by atoms with van der Waals surface area (Å²) < 4.78 is 57.3. The number of benzene rings is 2. The summed E-state index contributed by atoms with van der Waals surface area (Å²) in [5.41, 5.74) is -0.344. The Hall–Kier alpha value is -5.13. The van der Waals surface area contributed by atoms with Crippen LogP contribution >= 0.6 is 19.3 Å². The number of carboxylic acid groups (broad SMARTS) is 1. The monoisotopic (exact) mass is 874 g/mol. The second kappa shape index (κ2) is 19.1. The maximum absolute atomic E-state index is 13.8. The fourth-order valence-corrected chi connectivity index (χ4v) is 10.9. The van der Waals surface area contributed by atoms with Crippen molar-refractivity contribution in [2.24, 2.45) is 5.92 Å². The Morgan fingerprint density at radius 3 is 1.84 bits per heavy atom. The van der Waals surface area contributed by atoms with Crippen LogP contribution in [0.25, 0.3) is 0 Å². The van der Waals surface area contributed by atoms with Gasteiger partial charge >= 0.3 is 18.2 Å². The number of carboxylic acids is 1. The molecule has 25 heteroatoms. The summed E-state index contributed by atoms with van der Waals surface area (Å²) in [4.78, 5) is 88.4. The molecule has 0 aliphatic carbocycles. The molecule has 4 rings (SSSR count). The quantitative estimate of drug-likeness (QED) is 0.0783. The number of non-ortho nitro benzene ring substituents is 2. The van der Waals surface area contributed by atoms with Gasteiger partial charge in [0.25, 0.3) is 18.9 Å². The summed E-state index contributed by atoms with van der Waals surface area (Å²) in [6, 6.07) is 8.98. The van der Waals surface area contributed by atoms with Crippen LogP contribution in [0.1, 0.15) is 24.5 Å². The van der Waals surface area contributed by atoms with Gasteiger partial charge in [-0.1, -0.05) is 11.8 Å². The highest BCUT2D eigenvalue weighted by Crippen LogP contribution is 2.53. The highest BCUT2D eigenvalue weighted by molar-refractivity contribution is 8.14. The van der Waals surface area contributed by atoms with E-state index in [1.165, 1.54) is 55.5 Å². The third-order valence-corrected chi connectivity index (χ3v) is 14.5. The number of likely N-dealkylation sites (tertiary alicyclic amines) is 2. The van der Waals surface area contributed by atoms with E-state index in [2.05, 4.69) is 0 Å². The number of amides is 2. The highest BCUT2D eigenvalue weighted by atomic mass is 32.2. The molecule has 2 aromatic carbocycles. The molecule has 2 aromatic rings. The Labute approximate surface area is 335 Å². The van der Waals surface area contributed by atoms with Gasteiger partial charge in [0.1, 0.15) is 19.3 Å². The van der Waals surface area contributed by atoms with Crippen molar-refractivity contribution in [2.75, 3.05) is 40.7 Å². The predicted molar refractivity (Wildman–Crippen MR) is 203 cm³/mol. The molecule has 5 atom stereocenters. The topological polar surface area (TPSA) is 288 Å². The summed E-state index contributed by atoms with van der Waals surface area (Å²) >= 11 is 0.559. The second-order valence-electron chi connectivity index (χ2n) is 12.7. The number of ether oxygens (including phenoxy) is 3. The minimum atomic E-state index is -3.94. The third kappa shape index (κ3) is 10.5. The molecule has 0 spiro atoms. The fourth-order valence-electron chi connectivity index (χ4n) is 6.27. The van der Waals surface area contributed by atoms with Gasteiger partial charge in [-0.05, 0) is 42.3 Å². The lowest BCUT2D eigenvalue weighted by Gasteiger charge is -2.49. The first-order valence-electron chi connectivity index (χ1n) is 16.9. The van der Waals surface area contributed by atoms with Crippen molar-refractivity contribution in [3.8, 4) is 0 Å². The zero-order valence-electron chi connectivity index (χ0n) is 31.5. The molecule has 0 saturated carbocycles. The smallest absolute Gasteiger partial charge is 0.476 e. The Balaban J connectivity index is 1.53. The van der Waals surface area contributed by atoms with Crippen LogP contribution in [0.4, 0.5) is 21.0 Å². The van der Waals surface area contributed by atoms with Crippen LogP contribution in [0.3, 0.4) is 0 Å². The zero-order chi connectivity index (χ0) is 43.1. The Morgan fingerprint density at radius 1 is 0.897 bits per heavy atom. The molecule has 2 fully saturated rings. The van der Waals surface area contributed by atoms with Crippen LogP contribution in [-0.4, -0.2) is 131 Å². The van der Waals surface area contributed by atoms with Crippen LogP contribution in [-0.2, 0) is 65.2 Å². The van der Waals surface area contributed by atoms with E-state index in [0.29, 0.717) is 22.9 Å². The van der Waals surface area contributed by atoms with E-state index in [0.717, 1.165) is 37.4 Å². The average Bonchev–Trinajstić information content (AvgIpc) is 3.61. The summed E-state index contributed by atoms with van der Waals surface area (Å²) in [6.45, 7) is 0.0492. The molecule has 2 aliphatic heterocycles. The lowest BCUT2D eigenvalue weighted by atomic mass is 9.81. The van der Waals surface area contributed by atoms with Crippen molar-refractivity contribution >= 4 is 75.2 Å². The number of thioether (sulfide) groups is 1. The first-order valence-corrected chi connectivity index (χ1v) is 21.2. The van der Waals surface area contributed by atoms with E-state index in [1.54, 1.807) is 0 Å². The Bertz CT molecular complexity index is 2080. The normalized spacial score (nSPS) is 19.8. The fraction of sp³-hybridized carbons (Fsp3) is 0.455. The molecule has 1 N–H and O–H groups in total. The summed E-state index contributed by atoms with van der Waals surface area (Å²) in [5, 5.41) is 29.1. The van der Waals surface area contributed by atoms with Gasteiger partial charge in [-0.25, -0.2) is 22.8 Å². The van der Waals surface area contributed by atoms with Gasteiger partial charge in [-0.15, -0.1) is 0 Å². The molecule has 58 heavy (non-hydrogen) atoms. The SMILES string of the molecule is COP(OC)(OC)=C(C(=O)O)N1C(=O)C(C(C)OC(=O)OCc2ccc([N+](=O)[O-])cc2)C1CC(=O)SC1CN(C(=O)OCc2ccc([N+](=O)[O-])cc2)CC1S(C)(=O)=O. The lowest BCUT2D eigenvalue weighted by Crippen LogP contribution is -2.68. The number of rotatable bonds is 17. The molecule has 2 amide bonds. The van der Waals surface area contributed by atoms with Gasteiger partial charge in [0.15, 0.2) is 15.0 Å². The van der Waals surface area contributed by atoms with E-state index in [9.17, 15) is 57.7 Å². The number of nitro groups is 2. The van der Waals surface area contributed by atoms with E-state index >= 15 is 0 Å². The molecule has 0 radical (unpaired) electrons. The molecular formula is C33H39N4O18PS2. The number of β-lactam (4-membered cyclic amide) rings is 1. The summed E-state index contributed by atoms with van der Waals surface area (Å²) in [5.74, 6) is -3.95. The summed E-state index contributed by atoms with van der Waals surface area (Å²) in [6.07, 6.45) is -3.18. The average molecular weight is 875 g/mol. The first kappa shape index (κ1) is 45.6. The van der Waals surface area contributed by atoms with Crippen molar-refractivity contribution in [3.63, 3.8) is 0 Å². The van der Waals surface area contributed by atoms with Gasteiger partial charge < -0.3 is 37.8 Å². The molecule has 2 aliphatic rings. The van der Waals surface area contributed by atoms with Gasteiger partial charge in [0, 0.05) is 76.6 Å². The Kier molecular flexibility index (Phi) is 15.0. The van der Waals surface area contributed by atoms with E-state index in [1.807, 2.05) is 0 Å². The van der Waals surface area contributed by atoms with Crippen LogP contribution in [0.5, 0.6) is 0 Å². The van der Waals surface area contributed by atoms with Crippen molar-refractivity contribution in [1.82, 2.24) is 9.80 Å². The number of nitro benzene ring substituents is 2. The van der Waals surface area contributed by atoms with Crippen LogP contribution in [0, 0.1) is 26.1 Å². The molecule has 0 aromatic heterocycles. The van der Waals surface area contributed by atoms with Crippen LogP contribution in [0.15, 0.2) is 48.5 Å². The number of nitrogens with zero attached hydrogens (tertiary/aromatic N) is 4. The number of sulfone groups is 1. The van der Waals surface area contributed by atoms with E-state index < -0.39 is 96.9 Å². The first-order chi connectivity index (χ1) is 27.3. The van der Waals surface area contributed by atoms with Gasteiger partial charge in [0.2, 0.25) is 11.3 Å². The van der Waals surface area contributed by atoms with Crippen molar-refractivity contribution < 1.29 is 75.1 Å². The van der Waals surface area contributed by atoms with Gasteiger partial charge in [-0.3, -0.25) is 34.7 Å². The maximum Gasteiger partial charge on any atom is 0.508 e. The number of hydrogen-bond acceptors (Lipinski definition) is 18. The van der Waals surface area contributed by atoms with Crippen molar-refractivity contribution in [2.45, 2.75) is 49.2 Å². The third-order valence-electron chi connectivity index (χ3n) is 9.15. The second-order valence-corrected chi connectivity index (χ2v) is 18.8. The minimum absolute atomic E-state index is 0.175. The highest BCUT2D eigenvalue weighted by Gasteiger charge is 2.57. The molecule has 2 heterocycles. The maximum atomic E-state index is 13.8. The molecule has 5 unspecified atom stereocenters. The lowest BCUT2D eigenvalue weighted by molar-refractivity contribution is -0.385. The number of aliphatic carboxylic acids is 1. The standard InChI is InChI=1S/C33H39N4O18PS2/c1-19(55-33(43)54-18-21-8-12-23(13-9-21)37(46)47)28-24(35(29(28)39)30(31(40)41)56(50-2,51-3)52-4)14-27(38)57-25-15-34(16-26(25)58(5,48)49)32(42)53-17-20-6-10-22(11-7-20)36(44)45/h6-13,19,24-26,28H,14-18H2,1-5H3,(H,40,41). The molecule has 316 valence electrons. The summed E-state index contributed by atoms with van der Waals surface area (Å²) in [7, 11) is -4.57. The zero-order valence-corrected chi connectivity index (χ0v) is 34.0.